The molecule has 1 unspecified atom stereocenters. The van der Waals surface area contributed by atoms with Crippen molar-refractivity contribution in [2.24, 2.45) is 5.73 Å². The third-order valence-electron chi connectivity index (χ3n) is 4.25. The maximum Gasteiger partial charge on any atom is 0.254 e. The molecular weight excluding hydrogens is 282 g/mol. The van der Waals surface area contributed by atoms with Gasteiger partial charge in [0.1, 0.15) is 12.1 Å². The Morgan fingerprint density at radius 2 is 2.09 bits per heavy atom. The Labute approximate surface area is 128 Å². The third-order valence-corrected chi connectivity index (χ3v) is 4.25. The number of piperazine rings is 1. The summed E-state index contributed by atoms with van der Waals surface area (Å²) in [4.78, 5) is 24.3. The average Bonchev–Trinajstić information content (AvgIpc) is 3.01. The fourth-order valence-corrected chi connectivity index (χ4v) is 2.77. The van der Waals surface area contributed by atoms with Crippen molar-refractivity contribution < 1.29 is 4.79 Å². The summed E-state index contributed by atoms with van der Waals surface area (Å²) >= 11 is 0. The van der Waals surface area contributed by atoms with Crippen molar-refractivity contribution in [1.29, 1.82) is 0 Å². The number of carbonyl (C=O) groups excluding carboxylic acids is 1. The van der Waals surface area contributed by atoms with Crippen LogP contribution in [-0.4, -0.2) is 62.6 Å². The normalized spacial score (nSPS) is 17.8. The molecule has 0 aliphatic carbocycles. The summed E-state index contributed by atoms with van der Waals surface area (Å²) in [5.74, 6) is 1.36. The first-order valence-corrected chi connectivity index (χ1v) is 7.58. The smallest absolute Gasteiger partial charge is 0.254 e. The highest BCUT2D eigenvalue weighted by molar-refractivity contribution is 5.79. The molecule has 1 amide bonds. The quantitative estimate of drug-likeness (QED) is 0.832. The van der Waals surface area contributed by atoms with Gasteiger partial charge in [-0.1, -0.05) is 6.92 Å². The second kappa shape index (κ2) is 5.88. The topological polar surface area (TPSA) is 92.7 Å². The lowest BCUT2D eigenvalue weighted by atomic mass is 10.2. The molecule has 1 fully saturated rings. The van der Waals surface area contributed by atoms with Crippen molar-refractivity contribution in [3.63, 3.8) is 0 Å². The number of amides is 1. The van der Waals surface area contributed by atoms with Gasteiger partial charge < -0.3 is 10.6 Å². The number of rotatable bonds is 4. The molecule has 0 bridgehead atoms. The first-order valence-electron chi connectivity index (χ1n) is 7.58. The van der Waals surface area contributed by atoms with Crippen molar-refractivity contribution in [3.05, 3.63) is 18.1 Å². The second-order valence-electron chi connectivity index (χ2n) is 5.53. The predicted molar refractivity (Wildman–Crippen MR) is 82.6 cm³/mol. The molecule has 2 aromatic heterocycles. The molecule has 22 heavy (non-hydrogen) atoms. The van der Waals surface area contributed by atoms with Gasteiger partial charge in [0.05, 0.1) is 6.04 Å². The zero-order chi connectivity index (χ0) is 15.7. The zero-order valence-electron chi connectivity index (χ0n) is 12.9. The molecule has 0 radical (unpaired) electrons. The molecule has 1 aliphatic rings. The highest BCUT2D eigenvalue weighted by Crippen LogP contribution is 2.19. The van der Waals surface area contributed by atoms with Gasteiger partial charge in [0.2, 0.25) is 5.91 Å². The minimum Gasteiger partial charge on any atom is -0.368 e. The highest BCUT2D eigenvalue weighted by Gasteiger charge is 2.25. The molecule has 8 heteroatoms. The molecule has 8 nitrogen and oxygen atoms in total. The van der Waals surface area contributed by atoms with Gasteiger partial charge in [-0.05, 0) is 13.3 Å². The van der Waals surface area contributed by atoms with Gasteiger partial charge in [0.15, 0.2) is 0 Å². The van der Waals surface area contributed by atoms with Gasteiger partial charge in [-0.2, -0.15) is 14.6 Å². The number of fused-ring (bicyclic) bond motifs is 1. The van der Waals surface area contributed by atoms with Crippen LogP contribution in [0.5, 0.6) is 0 Å². The van der Waals surface area contributed by atoms with E-state index >= 15 is 0 Å². The Kier molecular flexibility index (Phi) is 3.93. The van der Waals surface area contributed by atoms with Gasteiger partial charge in [0, 0.05) is 37.9 Å². The van der Waals surface area contributed by atoms with E-state index in [9.17, 15) is 4.79 Å². The van der Waals surface area contributed by atoms with Crippen LogP contribution in [0.3, 0.4) is 0 Å². The van der Waals surface area contributed by atoms with Crippen LogP contribution < -0.4 is 10.6 Å². The van der Waals surface area contributed by atoms with E-state index in [1.165, 1.54) is 6.33 Å². The van der Waals surface area contributed by atoms with Crippen LogP contribution in [-0.2, 0) is 11.2 Å². The molecule has 2 N–H and O–H groups in total. The van der Waals surface area contributed by atoms with E-state index in [1.807, 2.05) is 6.92 Å². The summed E-state index contributed by atoms with van der Waals surface area (Å²) in [6, 6.07) is 1.84. The number of carbonyl (C=O) groups is 1. The summed E-state index contributed by atoms with van der Waals surface area (Å²) in [5.41, 5.74) is 6.39. The average molecular weight is 303 g/mol. The van der Waals surface area contributed by atoms with Crippen molar-refractivity contribution in [1.82, 2.24) is 24.5 Å². The van der Waals surface area contributed by atoms with Crippen LogP contribution in [0.4, 0.5) is 5.82 Å². The van der Waals surface area contributed by atoms with Gasteiger partial charge in [-0.15, -0.1) is 0 Å². The number of nitrogens with zero attached hydrogens (tertiary/aromatic N) is 6. The zero-order valence-corrected chi connectivity index (χ0v) is 12.9. The highest BCUT2D eigenvalue weighted by atomic mass is 16.1. The number of aryl methyl sites for hydroxylation is 1. The fraction of sp³-hybridized carbons (Fsp3) is 0.571. The van der Waals surface area contributed by atoms with Gasteiger partial charge in [-0.25, -0.2) is 4.98 Å². The van der Waals surface area contributed by atoms with Crippen LogP contribution in [0, 0.1) is 0 Å². The molecule has 118 valence electrons. The Bertz CT molecular complexity index is 675. The van der Waals surface area contributed by atoms with Crippen LogP contribution in [0.1, 0.15) is 19.5 Å². The van der Waals surface area contributed by atoms with Crippen molar-refractivity contribution in [3.8, 4) is 0 Å². The molecule has 0 aromatic carbocycles. The molecule has 0 saturated carbocycles. The van der Waals surface area contributed by atoms with Crippen molar-refractivity contribution >= 4 is 17.5 Å². The van der Waals surface area contributed by atoms with E-state index in [-0.39, 0.29) is 11.9 Å². The Hall–Kier alpha value is -2.22. The first-order chi connectivity index (χ1) is 10.6. The third kappa shape index (κ3) is 2.61. The molecule has 1 aliphatic heterocycles. The lowest BCUT2D eigenvalue weighted by Crippen LogP contribution is -2.53. The Morgan fingerprint density at radius 1 is 1.36 bits per heavy atom. The van der Waals surface area contributed by atoms with Crippen LogP contribution in [0.15, 0.2) is 12.4 Å². The van der Waals surface area contributed by atoms with Gasteiger partial charge in [0.25, 0.3) is 5.78 Å². The van der Waals surface area contributed by atoms with Crippen molar-refractivity contribution in [2.75, 3.05) is 31.1 Å². The molecule has 1 saturated heterocycles. The maximum atomic E-state index is 11.3. The lowest BCUT2D eigenvalue weighted by molar-refractivity contribution is -0.122. The van der Waals surface area contributed by atoms with Crippen molar-refractivity contribution in [2.45, 2.75) is 26.3 Å². The number of aromatic nitrogens is 4. The van der Waals surface area contributed by atoms with Crippen LogP contribution in [0.25, 0.3) is 5.78 Å². The van der Waals surface area contributed by atoms with E-state index < -0.39 is 0 Å². The maximum absolute atomic E-state index is 11.3. The number of nitrogens with two attached hydrogens (primary N) is 1. The van der Waals surface area contributed by atoms with E-state index in [4.69, 9.17) is 5.73 Å². The molecule has 0 spiro atoms. The Morgan fingerprint density at radius 3 is 2.73 bits per heavy atom. The number of hydrogen-bond donors (Lipinski definition) is 1. The van der Waals surface area contributed by atoms with Gasteiger partial charge in [-0.3, -0.25) is 9.69 Å². The summed E-state index contributed by atoms with van der Waals surface area (Å²) < 4.78 is 1.77. The predicted octanol–water partition coefficient (Wildman–Crippen LogP) is -0.317. The monoisotopic (exact) mass is 303 g/mol. The SMILES string of the molecule is CCc1cc(N2CCN(C(C)C(N)=O)CC2)n2ncnc2n1. The number of primary amides is 1. The molecule has 3 rings (SSSR count). The lowest BCUT2D eigenvalue weighted by Gasteiger charge is -2.37. The summed E-state index contributed by atoms with van der Waals surface area (Å²) in [6.45, 7) is 7.16. The molecule has 1 atom stereocenters. The minimum absolute atomic E-state index is 0.225. The van der Waals surface area contributed by atoms with Crippen LogP contribution in [0.2, 0.25) is 0 Å². The molecular formula is C14H21N7O. The van der Waals surface area contributed by atoms with Gasteiger partial charge >= 0.3 is 0 Å². The van der Waals surface area contributed by atoms with E-state index in [0.29, 0.717) is 5.78 Å². The molecule has 2 aromatic rings. The van der Waals surface area contributed by atoms with E-state index in [1.54, 1.807) is 4.52 Å². The summed E-state index contributed by atoms with van der Waals surface area (Å²) in [5, 5.41) is 4.27. The Balaban J connectivity index is 1.81. The standard InChI is InChI=1S/C14H21N7O/c1-3-11-8-12(21-14(18-11)16-9-17-21)20-6-4-19(5-7-20)10(2)13(15)22/h8-10H,3-7H2,1-2H3,(H2,15,22). The van der Waals surface area contributed by atoms with E-state index in [0.717, 1.165) is 44.1 Å². The summed E-state index contributed by atoms with van der Waals surface area (Å²) in [7, 11) is 0. The van der Waals surface area contributed by atoms with Crippen LogP contribution >= 0.6 is 0 Å². The first kappa shape index (κ1) is 14.7. The van der Waals surface area contributed by atoms with E-state index in [2.05, 4.69) is 37.9 Å². The molecule has 3 heterocycles. The number of hydrogen-bond acceptors (Lipinski definition) is 6. The number of anilines is 1. The summed E-state index contributed by atoms with van der Waals surface area (Å²) in [6.07, 6.45) is 2.38. The largest absolute Gasteiger partial charge is 0.368 e. The minimum atomic E-state index is -0.274. The second-order valence-corrected chi connectivity index (χ2v) is 5.53. The fourth-order valence-electron chi connectivity index (χ4n) is 2.77.